The van der Waals surface area contributed by atoms with Crippen LogP contribution in [0.2, 0.25) is 0 Å². The molecule has 2 N–H and O–H groups in total. The summed E-state index contributed by atoms with van der Waals surface area (Å²) in [5.74, 6) is 0.770. The molecule has 6 nitrogen and oxygen atoms in total. The summed E-state index contributed by atoms with van der Waals surface area (Å²) in [6.07, 6.45) is -0.457. The third kappa shape index (κ3) is 3.98. The molecule has 4 rings (SSSR count). The molecule has 0 aliphatic carbocycles. The van der Waals surface area contributed by atoms with Crippen molar-refractivity contribution in [3.63, 3.8) is 0 Å². The molecule has 1 aromatic heterocycles. The number of hydrogen-bond donors (Lipinski definition) is 2. The Bertz CT molecular complexity index is 1240. The lowest BCUT2D eigenvalue weighted by molar-refractivity contribution is 0.142. The number of rotatable bonds is 5. The molecule has 152 valence electrons. The van der Waals surface area contributed by atoms with E-state index in [1.54, 1.807) is 7.11 Å². The summed E-state index contributed by atoms with van der Waals surface area (Å²) in [5.41, 5.74) is 5.70. The van der Waals surface area contributed by atoms with Gasteiger partial charge in [-0.25, -0.2) is 9.78 Å². The SMILES string of the molecule is CNC(=O)OCc1cccc(Nc2c3ccc(C)cc3nc3ccc(OC)cc23)c1. The van der Waals surface area contributed by atoms with Crippen molar-refractivity contribution < 1.29 is 14.3 Å². The average Bonchev–Trinajstić information content (AvgIpc) is 2.77. The van der Waals surface area contributed by atoms with Gasteiger partial charge in [-0.05, 0) is 54.4 Å². The normalized spacial score (nSPS) is 10.8. The Labute approximate surface area is 174 Å². The summed E-state index contributed by atoms with van der Waals surface area (Å²) in [6.45, 7) is 2.25. The molecule has 0 aliphatic rings. The molecule has 3 aromatic carbocycles. The number of carbonyl (C=O) groups excluding carboxylic acids is 1. The van der Waals surface area contributed by atoms with Crippen LogP contribution in [0.5, 0.6) is 5.75 Å². The molecule has 0 spiro atoms. The van der Waals surface area contributed by atoms with Crippen LogP contribution in [-0.4, -0.2) is 25.2 Å². The summed E-state index contributed by atoms with van der Waals surface area (Å²) in [6, 6.07) is 19.9. The van der Waals surface area contributed by atoms with Crippen molar-refractivity contribution in [2.24, 2.45) is 0 Å². The molecule has 0 atom stereocenters. The number of aryl methyl sites for hydroxylation is 1. The highest BCUT2D eigenvalue weighted by Gasteiger charge is 2.11. The summed E-state index contributed by atoms with van der Waals surface area (Å²) < 4.78 is 10.6. The van der Waals surface area contributed by atoms with Gasteiger partial charge < -0.3 is 20.1 Å². The predicted octanol–water partition coefficient (Wildman–Crippen LogP) is 5.30. The van der Waals surface area contributed by atoms with Gasteiger partial charge in [-0.3, -0.25) is 0 Å². The van der Waals surface area contributed by atoms with E-state index in [-0.39, 0.29) is 6.61 Å². The van der Waals surface area contributed by atoms with Crippen LogP contribution in [0, 0.1) is 6.92 Å². The zero-order valence-corrected chi connectivity index (χ0v) is 17.2. The Balaban J connectivity index is 1.79. The molecule has 0 saturated heterocycles. The number of alkyl carbamates (subject to hydrolysis) is 1. The number of nitrogens with one attached hydrogen (secondary N) is 2. The van der Waals surface area contributed by atoms with Crippen LogP contribution in [0.15, 0.2) is 60.7 Å². The van der Waals surface area contributed by atoms with Crippen LogP contribution < -0.4 is 15.4 Å². The van der Waals surface area contributed by atoms with E-state index < -0.39 is 6.09 Å². The van der Waals surface area contributed by atoms with Crippen LogP contribution in [-0.2, 0) is 11.3 Å². The molecule has 0 saturated carbocycles. The Morgan fingerprint density at radius 2 is 1.87 bits per heavy atom. The number of carbonyl (C=O) groups is 1. The fraction of sp³-hybridized carbons (Fsp3) is 0.167. The van der Waals surface area contributed by atoms with E-state index >= 15 is 0 Å². The quantitative estimate of drug-likeness (QED) is 0.444. The van der Waals surface area contributed by atoms with Crippen LogP contribution >= 0.6 is 0 Å². The standard InChI is InChI=1S/C24H23N3O3/c1-15-7-9-19-22(11-15)27-21-10-8-18(29-3)13-20(21)23(19)26-17-6-4-5-16(12-17)14-30-24(28)25-2/h4-13H,14H2,1-3H3,(H,25,28)(H,26,27). The second-order valence-corrected chi connectivity index (χ2v) is 7.04. The van der Waals surface area contributed by atoms with Crippen molar-refractivity contribution in [1.82, 2.24) is 10.3 Å². The van der Waals surface area contributed by atoms with Crippen molar-refractivity contribution in [2.45, 2.75) is 13.5 Å². The Morgan fingerprint density at radius 3 is 2.67 bits per heavy atom. The molecular formula is C24H23N3O3. The summed E-state index contributed by atoms with van der Waals surface area (Å²) in [5, 5.41) is 7.99. The first-order valence-corrected chi connectivity index (χ1v) is 9.66. The van der Waals surface area contributed by atoms with Gasteiger partial charge in [0.05, 0.1) is 23.8 Å². The largest absolute Gasteiger partial charge is 0.497 e. The molecule has 4 aromatic rings. The van der Waals surface area contributed by atoms with E-state index in [0.29, 0.717) is 0 Å². The van der Waals surface area contributed by atoms with Crippen LogP contribution in [0.25, 0.3) is 21.8 Å². The molecule has 0 bridgehead atoms. The summed E-state index contributed by atoms with van der Waals surface area (Å²) >= 11 is 0. The van der Waals surface area contributed by atoms with E-state index in [1.807, 2.05) is 42.5 Å². The molecule has 0 radical (unpaired) electrons. The molecule has 6 heteroatoms. The van der Waals surface area contributed by atoms with Gasteiger partial charge in [0.15, 0.2) is 0 Å². The topological polar surface area (TPSA) is 72.5 Å². The molecule has 0 unspecified atom stereocenters. The second kappa shape index (κ2) is 8.29. The zero-order chi connectivity index (χ0) is 21.1. The number of hydrogen-bond acceptors (Lipinski definition) is 5. The lowest BCUT2D eigenvalue weighted by Crippen LogP contribution is -2.18. The molecule has 30 heavy (non-hydrogen) atoms. The second-order valence-electron chi connectivity index (χ2n) is 7.04. The average molecular weight is 401 g/mol. The fourth-order valence-corrected chi connectivity index (χ4v) is 3.40. The highest BCUT2D eigenvalue weighted by atomic mass is 16.5. The van der Waals surface area contributed by atoms with Gasteiger partial charge in [0.2, 0.25) is 0 Å². The van der Waals surface area contributed by atoms with Crippen LogP contribution in [0.4, 0.5) is 16.2 Å². The third-order valence-electron chi connectivity index (χ3n) is 4.91. The number of ether oxygens (including phenoxy) is 2. The van der Waals surface area contributed by atoms with E-state index in [0.717, 1.165) is 50.1 Å². The first-order valence-electron chi connectivity index (χ1n) is 9.66. The minimum absolute atomic E-state index is 0.194. The number of fused-ring (bicyclic) bond motifs is 2. The zero-order valence-electron chi connectivity index (χ0n) is 17.2. The molecule has 1 amide bonds. The van der Waals surface area contributed by atoms with Crippen molar-refractivity contribution in [1.29, 1.82) is 0 Å². The lowest BCUT2D eigenvalue weighted by Gasteiger charge is -2.15. The fourth-order valence-electron chi connectivity index (χ4n) is 3.40. The maximum atomic E-state index is 11.4. The summed E-state index contributed by atoms with van der Waals surface area (Å²) in [7, 11) is 3.19. The van der Waals surface area contributed by atoms with Gasteiger partial charge in [0, 0.05) is 23.5 Å². The molecule has 0 fully saturated rings. The van der Waals surface area contributed by atoms with Crippen LogP contribution in [0.1, 0.15) is 11.1 Å². The van der Waals surface area contributed by atoms with Crippen molar-refractivity contribution in [3.05, 3.63) is 71.8 Å². The predicted molar refractivity (Wildman–Crippen MR) is 120 cm³/mol. The summed E-state index contributed by atoms with van der Waals surface area (Å²) in [4.78, 5) is 16.2. The maximum Gasteiger partial charge on any atom is 0.407 e. The first kappa shape index (κ1) is 19.5. The Morgan fingerprint density at radius 1 is 1.00 bits per heavy atom. The van der Waals surface area contributed by atoms with Crippen molar-refractivity contribution in [2.75, 3.05) is 19.5 Å². The molecule has 1 heterocycles. The van der Waals surface area contributed by atoms with Gasteiger partial charge in [-0.15, -0.1) is 0 Å². The highest BCUT2D eigenvalue weighted by Crippen LogP contribution is 2.35. The van der Waals surface area contributed by atoms with Crippen molar-refractivity contribution >= 4 is 39.3 Å². The number of pyridine rings is 1. The monoisotopic (exact) mass is 401 g/mol. The third-order valence-corrected chi connectivity index (χ3v) is 4.91. The smallest absolute Gasteiger partial charge is 0.407 e. The number of anilines is 2. The van der Waals surface area contributed by atoms with Gasteiger partial charge in [0.1, 0.15) is 12.4 Å². The van der Waals surface area contributed by atoms with Gasteiger partial charge >= 0.3 is 6.09 Å². The first-order chi connectivity index (χ1) is 14.6. The van der Waals surface area contributed by atoms with E-state index in [1.165, 1.54) is 7.05 Å². The van der Waals surface area contributed by atoms with Gasteiger partial charge in [0.25, 0.3) is 0 Å². The number of benzene rings is 3. The van der Waals surface area contributed by atoms with Crippen LogP contribution in [0.3, 0.4) is 0 Å². The number of amides is 1. The number of nitrogens with zero attached hydrogens (tertiary/aromatic N) is 1. The van der Waals surface area contributed by atoms with E-state index in [9.17, 15) is 4.79 Å². The minimum atomic E-state index is -0.457. The van der Waals surface area contributed by atoms with Gasteiger partial charge in [-0.2, -0.15) is 0 Å². The molecular weight excluding hydrogens is 378 g/mol. The highest BCUT2D eigenvalue weighted by molar-refractivity contribution is 6.09. The lowest BCUT2D eigenvalue weighted by atomic mass is 10.1. The van der Waals surface area contributed by atoms with Crippen molar-refractivity contribution in [3.8, 4) is 5.75 Å². The minimum Gasteiger partial charge on any atom is -0.497 e. The number of methoxy groups -OCH3 is 1. The van der Waals surface area contributed by atoms with E-state index in [4.69, 9.17) is 14.5 Å². The Hall–Kier alpha value is -3.80. The van der Waals surface area contributed by atoms with E-state index in [2.05, 4.69) is 35.8 Å². The Kier molecular flexibility index (Phi) is 5.39. The molecule has 0 aliphatic heterocycles. The van der Waals surface area contributed by atoms with Gasteiger partial charge in [-0.1, -0.05) is 24.3 Å². The number of aromatic nitrogens is 1. The maximum absolute atomic E-state index is 11.4.